The van der Waals surface area contributed by atoms with Crippen molar-refractivity contribution in [2.24, 2.45) is 0 Å². The van der Waals surface area contributed by atoms with Crippen molar-refractivity contribution in [3.63, 3.8) is 0 Å². The van der Waals surface area contributed by atoms with Gasteiger partial charge in [-0.2, -0.15) is 0 Å². The van der Waals surface area contributed by atoms with E-state index in [0.717, 1.165) is 49.7 Å². The molecule has 28 heavy (non-hydrogen) atoms. The summed E-state index contributed by atoms with van der Waals surface area (Å²) in [6, 6.07) is 8.17. The molecule has 2 aliphatic heterocycles. The average molecular weight is 448 g/mol. The summed E-state index contributed by atoms with van der Waals surface area (Å²) in [5.41, 5.74) is 1.59. The zero-order valence-electron chi connectivity index (χ0n) is 15.5. The van der Waals surface area contributed by atoms with Crippen molar-refractivity contribution < 1.29 is 4.79 Å². The molecule has 4 rings (SSSR count). The number of hydrogen-bond acceptors (Lipinski definition) is 5. The molecule has 1 aromatic heterocycles. The van der Waals surface area contributed by atoms with Gasteiger partial charge in [-0.3, -0.25) is 4.79 Å². The van der Waals surface area contributed by atoms with Crippen molar-refractivity contribution in [1.29, 1.82) is 0 Å². The molecule has 2 saturated heterocycles. The number of benzene rings is 1. The minimum Gasteiger partial charge on any atom is -0.368 e. The monoisotopic (exact) mass is 446 g/mol. The third kappa shape index (κ3) is 5.08. The number of nitrogens with zero attached hydrogens (tertiary/aromatic N) is 5. The van der Waals surface area contributed by atoms with Crippen LogP contribution in [0, 0.1) is 0 Å². The van der Waals surface area contributed by atoms with Gasteiger partial charge < -0.3 is 15.1 Å². The topological polar surface area (TPSA) is 66.3 Å². The second-order valence-electron chi connectivity index (χ2n) is 6.82. The van der Waals surface area contributed by atoms with E-state index in [-0.39, 0.29) is 30.7 Å². The molecule has 0 bridgehead atoms. The van der Waals surface area contributed by atoms with Gasteiger partial charge in [0.25, 0.3) is 5.91 Å². The maximum absolute atomic E-state index is 12.7. The molecule has 7 nitrogen and oxygen atoms in total. The van der Waals surface area contributed by atoms with Gasteiger partial charge in [0.1, 0.15) is 0 Å². The van der Waals surface area contributed by atoms with Gasteiger partial charge in [-0.1, -0.05) is 16.8 Å². The molecule has 0 saturated carbocycles. The van der Waals surface area contributed by atoms with Gasteiger partial charge in [-0.25, -0.2) is 4.68 Å². The molecule has 1 N–H and O–H groups in total. The zero-order valence-corrected chi connectivity index (χ0v) is 17.8. The second kappa shape index (κ2) is 10.3. The Bertz CT molecular complexity index is 755. The second-order valence-corrected chi connectivity index (χ2v) is 7.26. The maximum Gasteiger partial charge on any atom is 0.276 e. The largest absolute Gasteiger partial charge is 0.368 e. The van der Waals surface area contributed by atoms with E-state index >= 15 is 0 Å². The highest BCUT2D eigenvalue weighted by atomic mass is 35.5. The van der Waals surface area contributed by atoms with Crippen molar-refractivity contribution >= 4 is 48.0 Å². The summed E-state index contributed by atoms with van der Waals surface area (Å²) in [7, 11) is 0. The molecular weight excluding hydrogens is 423 g/mol. The zero-order chi connectivity index (χ0) is 17.9. The smallest absolute Gasteiger partial charge is 0.276 e. The Labute approximate surface area is 182 Å². The normalized spacial score (nSPS) is 17.6. The first-order valence-corrected chi connectivity index (χ1v) is 9.51. The average Bonchev–Trinajstić information content (AvgIpc) is 3.19. The standard InChI is InChI=1S/C18H23ClN6O.2ClH/c19-14-1-3-15(4-2-14)23-9-11-24(12-10-23)18(26)17-13-25(22-21-17)16-5-7-20-8-6-16;;/h1-4,13,16,20H,5-12H2;2*1H. The Kier molecular flexibility index (Phi) is 8.37. The lowest BCUT2D eigenvalue weighted by Gasteiger charge is -2.35. The summed E-state index contributed by atoms with van der Waals surface area (Å²) in [5, 5.41) is 12.4. The summed E-state index contributed by atoms with van der Waals surface area (Å²) in [5.74, 6) is -0.0269. The highest BCUT2D eigenvalue weighted by molar-refractivity contribution is 6.30. The minimum atomic E-state index is -0.0269. The molecule has 0 atom stereocenters. The Morgan fingerprint density at radius 1 is 1.04 bits per heavy atom. The molecule has 2 aromatic rings. The van der Waals surface area contributed by atoms with Crippen LogP contribution in [-0.2, 0) is 0 Å². The van der Waals surface area contributed by atoms with Gasteiger partial charge in [-0.05, 0) is 50.2 Å². The van der Waals surface area contributed by atoms with Crippen LogP contribution in [0.4, 0.5) is 5.69 Å². The fourth-order valence-corrected chi connectivity index (χ4v) is 3.73. The quantitative estimate of drug-likeness (QED) is 0.783. The van der Waals surface area contributed by atoms with E-state index in [4.69, 9.17) is 11.6 Å². The van der Waals surface area contributed by atoms with Crippen molar-refractivity contribution in [3.05, 3.63) is 41.2 Å². The molecule has 3 heterocycles. The van der Waals surface area contributed by atoms with Crippen LogP contribution in [0.1, 0.15) is 29.4 Å². The van der Waals surface area contributed by atoms with Crippen LogP contribution in [0.2, 0.25) is 5.02 Å². The number of piperidine rings is 1. The third-order valence-electron chi connectivity index (χ3n) is 5.17. The molecule has 0 unspecified atom stereocenters. The number of piperazine rings is 1. The van der Waals surface area contributed by atoms with Crippen molar-refractivity contribution in [2.75, 3.05) is 44.2 Å². The number of hydrogen-bond donors (Lipinski definition) is 1. The summed E-state index contributed by atoms with van der Waals surface area (Å²) < 4.78 is 1.86. The number of rotatable bonds is 3. The SMILES string of the molecule is Cl.Cl.O=C(c1cn(C2CCNCC2)nn1)N1CCN(c2ccc(Cl)cc2)CC1. The van der Waals surface area contributed by atoms with Crippen LogP contribution in [0.5, 0.6) is 0 Å². The first-order valence-electron chi connectivity index (χ1n) is 9.13. The van der Waals surface area contributed by atoms with Gasteiger partial charge >= 0.3 is 0 Å². The van der Waals surface area contributed by atoms with E-state index in [0.29, 0.717) is 24.8 Å². The molecule has 1 amide bonds. The highest BCUT2D eigenvalue weighted by Gasteiger charge is 2.25. The molecule has 0 spiro atoms. The van der Waals surface area contributed by atoms with Crippen molar-refractivity contribution in [3.8, 4) is 0 Å². The van der Waals surface area contributed by atoms with Crippen molar-refractivity contribution in [1.82, 2.24) is 25.2 Å². The summed E-state index contributed by atoms with van der Waals surface area (Å²) in [4.78, 5) is 16.9. The van der Waals surface area contributed by atoms with Gasteiger partial charge in [0, 0.05) is 36.9 Å². The summed E-state index contributed by atoms with van der Waals surface area (Å²) in [6.45, 7) is 4.94. The van der Waals surface area contributed by atoms with Crippen molar-refractivity contribution in [2.45, 2.75) is 18.9 Å². The number of anilines is 1. The minimum absolute atomic E-state index is 0. The Hall–Kier alpha value is -1.54. The van der Waals surface area contributed by atoms with Gasteiger partial charge in [0.2, 0.25) is 0 Å². The summed E-state index contributed by atoms with van der Waals surface area (Å²) in [6.07, 6.45) is 3.86. The van der Waals surface area contributed by atoms with Gasteiger partial charge in [-0.15, -0.1) is 29.9 Å². The van der Waals surface area contributed by atoms with E-state index in [1.54, 1.807) is 0 Å². The fraction of sp³-hybridized carbons (Fsp3) is 0.500. The number of carbonyl (C=O) groups excluding carboxylic acids is 1. The highest BCUT2D eigenvalue weighted by Crippen LogP contribution is 2.21. The lowest BCUT2D eigenvalue weighted by atomic mass is 10.1. The molecule has 2 fully saturated rings. The van der Waals surface area contributed by atoms with Gasteiger partial charge in [0.05, 0.1) is 12.2 Å². The fourth-order valence-electron chi connectivity index (χ4n) is 3.61. The first-order chi connectivity index (χ1) is 12.7. The van der Waals surface area contributed by atoms with Crippen LogP contribution < -0.4 is 10.2 Å². The van der Waals surface area contributed by atoms with Crippen LogP contribution in [0.25, 0.3) is 0 Å². The number of nitrogens with one attached hydrogen (secondary N) is 1. The van der Waals surface area contributed by atoms with Crippen LogP contribution in [0.3, 0.4) is 0 Å². The van der Waals surface area contributed by atoms with E-state index in [9.17, 15) is 4.79 Å². The lowest BCUT2D eigenvalue weighted by molar-refractivity contribution is 0.0740. The molecule has 2 aliphatic rings. The summed E-state index contributed by atoms with van der Waals surface area (Å²) >= 11 is 5.95. The molecule has 154 valence electrons. The van der Waals surface area contributed by atoms with E-state index in [1.807, 2.05) is 40.0 Å². The van der Waals surface area contributed by atoms with E-state index < -0.39 is 0 Å². The number of amides is 1. The Balaban J connectivity index is 0.00000140. The number of aromatic nitrogens is 3. The van der Waals surface area contributed by atoms with Gasteiger partial charge in [0.15, 0.2) is 5.69 Å². The van der Waals surface area contributed by atoms with E-state index in [2.05, 4.69) is 20.5 Å². The molecule has 10 heteroatoms. The number of carbonyl (C=O) groups is 1. The molecule has 0 radical (unpaired) electrons. The Morgan fingerprint density at radius 3 is 2.32 bits per heavy atom. The predicted molar refractivity (Wildman–Crippen MR) is 115 cm³/mol. The third-order valence-corrected chi connectivity index (χ3v) is 5.42. The molecule has 1 aromatic carbocycles. The predicted octanol–water partition coefficient (Wildman–Crippen LogP) is 2.66. The lowest BCUT2D eigenvalue weighted by Crippen LogP contribution is -2.48. The van der Waals surface area contributed by atoms with E-state index in [1.165, 1.54) is 0 Å². The molecule has 0 aliphatic carbocycles. The molecular formula is C18H25Cl3N6O. The van der Waals surface area contributed by atoms with Crippen LogP contribution in [-0.4, -0.2) is 65.1 Å². The van der Waals surface area contributed by atoms with Crippen LogP contribution in [0.15, 0.2) is 30.5 Å². The Morgan fingerprint density at radius 2 is 1.68 bits per heavy atom. The first kappa shape index (κ1) is 22.7. The maximum atomic E-state index is 12.7. The van der Waals surface area contributed by atoms with Crippen LogP contribution >= 0.6 is 36.4 Å². The number of halogens is 3.